The average Bonchev–Trinajstić information content (AvgIpc) is 2.79. The highest BCUT2D eigenvalue weighted by molar-refractivity contribution is 5.94. The van der Waals surface area contributed by atoms with Crippen molar-refractivity contribution in [2.75, 3.05) is 6.54 Å². The molecule has 12 N–H and O–H groups in total. The fraction of sp³-hybridized carbons (Fsp3) is 0.714. The first-order valence-corrected chi connectivity index (χ1v) is 11.6. The summed E-state index contributed by atoms with van der Waals surface area (Å²) in [6.07, 6.45) is -1.52. The van der Waals surface area contributed by atoms with Crippen LogP contribution in [0.2, 0.25) is 0 Å². The van der Waals surface area contributed by atoms with Gasteiger partial charge in [0.2, 0.25) is 17.7 Å². The molecule has 0 saturated carbocycles. The van der Waals surface area contributed by atoms with E-state index in [2.05, 4.69) is 20.9 Å². The standard InChI is InChI=1S/C21H39N7O8/c1-4-10(2)15(22)18(33)28-16(11(3)29)19(34)26-12(7-8-14(30)31)17(32)27-13(20(35)36)6-5-9-25-21(23)24/h10-13,15-16,29H,4-9,22H2,1-3H3,(H,26,34)(H,27,32)(H,28,33)(H,30,31)(H,35,36)(H4,23,24,25). The molecule has 0 heterocycles. The first kappa shape index (κ1) is 32.5. The van der Waals surface area contributed by atoms with Crippen LogP contribution in [0.15, 0.2) is 4.99 Å². The normalized spacial score (nSPS) is 15.8. The second-order valence-corrected chi connectivity index (χ2v) is 8.48. The lowest BCUT2D eigenvalue weighted by atomic mass is 9.98. The summed E-state index contributed by atoms with van der Waals surface area (Å²) in [4.78, 5) is 64.3. The van der Waals surface area contributed by atoms with Crippen LogP contribution in [0.25, 0.3) is 0 Å². The third-order valence-corrected chi connectivity index (χ3v) is 5.46. The Morgan fingerprint density at radius 1 is 0.889 bits per heavy atom. The number of nitrogens with zero attached hydrogens (tertiary/aromatic N) is 1. The molecule has 15 nitrogen and oxygen atoms in total. The molecule has 0 bridgehead atoms. The topological polar surface area (TPSA) is 273 Å². The van der Waals surface area contributed by atoms with Crippen LogP contribution >= 0.6 is 0 Å². The van der Waals surface area contributed by atoms with Crippen molar-refractivity contribution in [3.8, 4) is 0 Å². The van der Waals surface area contributed by atoms with Crippen LogP contribution in [-0.4, -0.2) is 87.8 Å². The third kappa shape index (κ3) is 12.3. The summed E-state index contributed by atoms with van der Waals surface area (Å²) < 4.78 is 0. The Kier molecular flexibility index (Phi) is 14.7. The molecule has 6 unspecified atom stereocenters. The van der Waals surface area contributed by atoms with Crippen molar-refractivity contribution < 1.29 is 39.3 Å². The molecule has 206 valence electrons. The quantitative estimate of drug-likeness (QED) is 0.0539. The maximum Gasteiger partial charge on any atom is 0.326 e. The predicted octanol–water partition coefficient (Wildman–Crippen LogP) is -2.80. The molecule has 0 aromatic carbocycles. The second kappa shape index (κ2) is 16.3. The number of aliphatic hydroxyl groups excluding tert-OH is 1. The summed E-state index contributed by atoms with van der Waals surface area (Å²) >= 11 is 0. The number of carboxylic acids is 2. The van der Waals surface area contributed by atoms with Gasteiger partial charge in [-0.15, -0.1) is 0 Å². The van der Waals surface area contributed by atoms with Crippen molar-refractivity contribution >= 4 is 35.6 Å². The maximum atomic E-state index is 12.8. The SMILES string of the molecule is CCC(C)C(N)C(=O)NC(C(=O)NC(CCC(=O)O)C(=O)NC(CCCN=C(N)N)C(=O)O)C(C)O. The van der Waals surface area contributed by atoms with Gasteiger partial charge in [0.05, 0.1) is 12.1 Å². The molecule has 15 heteroatoms. The lowest BCUT2D eigenvalue weighted by Gasteiger charge is -2.27. The fourth-order valence-corrected chi connectivity index (χ4v) is 3.00. The highest BCUT2D eigenvalue weighted by Crippen LogP contribution is 2.08. The zero-order chi connectivity index (χ0) is 28.0. The molecule has 0 aliphatic heterocycles. The number of nitrogens with two attached hydrogens (primary N) is 3. The fourth-order valence-electron chi connectivity index (χ4n) is 3.00. The molecule has 0 aromatic heterocycles. The summed E-state index contributed by atoms with van der Waals surface area (Å²) in [6.45, 7) is 4.93. The van der Waals surface area contributed by atoms with E-state index < -0.39 is 66.4 Å². The van der Waals surface area contributed by atoms with Crippen LogP contribution in [0, 0.1) is 5.92 Å². The second-order valence-electron chi connectivity index (χ2n) is 8.48. The van der Waals surface area contributed by atoms with Gasteiger partial charge in [0.15, 0.2) is 5.96 Å². The maximum absolute atomic E-state index is 12.8. The van der Waals surface area contributed by atoms with Gasteiger partial charge < -0.3 is 48.5 Å². The Hall–Kier alpha value is -3.46. The van der Waals surface area contributed by atoms with E-state index in [-0.39, 0.29) is 37.7 Å². The molecule has 36 heavy (non-hydrogen) atoms. The monoisotopic (exact) mass is 517 g/mol. The number of hydrogen-bond donors (Lipinski definition) is 9. The molecule has 3 amide bonds. The minimum absolute atomic E-state index is 0.0443. The number of hydrogen-bond acceptors (Lipinski definition) is 8. The summed E-state index contributed by atoms with van der Waals surface area (Å²) in [6, 6.07) is -5.28. The summed E-state index contributed by atoms with van der Waals surface area (Å²) in [5, 5.41) is 35.4. The number of nitrogens with one attached hydrogen (secondary N) is 3. The van der Waals surface area contributed by atoms with E-state index in [0.717, 1.165) is 0 Å². The van der Waals surface area contributed by atoms with E-state index in [0.29, 0.717) is 6.42 Å². The van der Waals surface area contributed by atoms with Crippen molar-refractivity contribution in [3.05, 3.63) is 0 Å². The Labute approximate surface area is 209 Å². The number of carboxylic acid groups (broad SMARTS) is 2. The largest absolute Gasteiger partial charge is 0.481 e. The molecule has 0 aromatic rings. The van der Waals surface area contributed by atoms with Crippen molar-refractivity contribution in [2.45, 2.75) is 83.1 Å². The Morgan fingerprint density at radius 3 is 1.94 bits per heavy atom. The van der Waals surface area contributed by atoms with Crippen molar-refractivity contribution in [2.24, 2.45) is 28.1 Å². The van der Waals surface area contributed by atoms with Crippen molar-refractivity contribution in [1.82, 2.24) is 16.0 Å². The number of guanidine groups is 1. The number of aliphatic carboxylic acids is 2. The number of amides is 3. The van der Waals surface area contributed by atoms with Gasteiger partial charge in [-0.2, -0.15) is 0 Å². The summed E-state index contributed by atoms with van der Waals surface area (Å²) in [7, 11) is 0. The molecular formula is C21H39N7O8. The lowest BCUT2D eigenvalue weighted by Crippen LogP contribution is -2.60. The lowest BCUT2D eigenvalue weighted by molar-refractivity contribution is -0.143. The Morgan fingerprint density at radius 2 is 1.47 bits per heavy atom. The Bertz CT molecular complexity index is 801. The van der Waals surface area contributed by atoms with Crippen LogP contribution < -0.4 is 33.2 Å². The van der Waals surface area contributed by atoms with E-state index >= 15 is 0 Å². The molecule has 0 saturated heterocycles. The van der Waals surface area contributed by atoms with Gasteiger partial charge in [0.1, 0.15) is 18.1 Å². The minimum atomic E-state index is -1.50. The number of rotatable bonds is 17. The predicted molar refractivity (Wildman–Crippen MR) is 129 cm³/mol. The zero-order valence-corrected chi connectivity index (χ0v) is 20.8. The molecule has 0 spiro atoms. The first-order valence-electron chi connectivity index (χ1n) is 11.6. The van der Waals surface area contributed by atoms with E-state index in [1.807, 2.05) is 6.92 Å². The molecule has 6 atom stereocenters. The van der Waals surface area contributed by atoms with Gasteiger partial charge in [-0.05, 0) is 32.1 Å². The minimum Gasteiger partial charge on any atom is -0.481 e. The Balaban J connectivity index is 5.51. The van der Waals surface area contributed by atoms with Crippen LogP contribution in [0.5, 0.6) is 0 Å². The van der Waals surface area contributed by atoms with Gasteiger partial charge in [0.25, 0.3) is 0 Å². The number of carbonyl (C=O) groups excluding carboxylic acids is 3. The van der Waals surface area contributed by atoms with Gasteiger partial charge in [-0.3, -0.25) is 24.2 Å². The molecule has 0 radical (unpaired) electrons. The highest BCUT2D eigenvalue weighted by atomic mass is 16.4. The van der Waals surface area contributed by atoms with Crippen LogP contribution in [0.3, 0.4) is 0 Å². The molecule has 0 rings (SSSR count). The smallest absolute Gasteiger partial charge is 0.326 e. The molecule has 0 aliphatic rings. The van der Waals surface area contributed by atoms with Gasteiger partial charge in [-0.25, -0.2) is 4.79 Å². The van der Waals surface area contributed by atoms with Crippen molar-refractivity contribution in [3.63, 3.8) is 0 Å². The van der Waals surface area contributed by atoms with Crippen LogP contribution in [0.1, 0.15) is 52.9 Å². The third-order valence-electron chi connectivity index (χ3n) is 5.46. The molecule has 0 aliphatic carbocycles. The number of aliphatic hydroxyl groups is 1. The van der Waals surface area contributed by atoms with Crippen LogP contribution in [0.4, 0.5) is 0 Å². The van der Waals surface area contributed by atoms with Crippen molar-refractivity contribution in [1.29, 1.82) is 0 Å². The number of carbonyl (C=O) groups is 5. The highest BCUT2D eigenvalue weighted by Gasteiger charge is 2.33. The zero-order valence-electron chi connectivity index (χ0n) is 20.8. The average molecular weight is 518 g/mol. The van der Waals surface area contributed by atoms with Gasteiger partial charge in [-0.1, -0.05) is 20.3 Å². The molecule has 0 fully saturated rings. The van der Waals surface area contributed by atoms with E-state index in [1.165, 1.54) is 6.92 Å². The van der Waals surface area contributed by atoms with Gasteiger partial charge in [0, 0.05) is 13.0 Å². The van der Waals surface area contributed by atoms with Gasteiger partial charge >= 0.3 is 11.9 Å². The van der Waals surface area contributed by atoms with E-state index in [4.69, 9.17) is 22.3 Å². The van der Waals surface area contributed by atoms with E-state index in [1.54, 1.807) is 6.92 Å². The number of aliphatic imine (C=N–C) groups is 1. The summed E-state index contributed by atoms with van der Waals surface area (Å²) in [5.41, 5.74) is 16.3. The summed E-state index contributed by atoms with van der Waals surface area (Å²) in [5.74, 6) is -5.61. The van der Waals surface area contributed by atoms with E-state index in [9.17, 15) is 34.2 Å². The van der Waals surface area contributed by atoms with Crippen LogP contribution in [-0.2, 0) is 24.0 Å². The first-order chi connectivity index (χ1) is 16.7. The molecular weight excluding hydrogens is 478 g/mol.